The predicted molar refractivity (Wildman–Crippen MR) is 64.7 cm³/mol. The van der Waals surface area contributed by atoms with Crippen LogP contribution in [0.5, 0.6) is 0 Å². The summed E-state index contributed by atoms with van der Waals surface area (Å²) in [5.74, 6) is 0.238. The smallest absolute Gasteiger partial charge is 0.345 e. The molecular formula is C11H20O4S. The van der Waals surface area contributed by atoms with Crippen LogP contribution >= 0.6 is 11.8 Å². The van der Waals surface area contributed by atoms with Crippen LogP contribution in [0.4, 0.5) is 0 Å². The van der Waals surface area contributed by atoms with E-state index < -0.39 is 18.0 Å². The van der Waals surface area contributed by atoms with Crippen LogP contribution in [0.2, 0.25) is 0 Å². The molecule has 0 radical (unpaired) electrons. The van der Waals surface area contributed by atoms with Gasteiger partial charge in [-0.05, 0) is 17.9 Å². The average molecular weight is 248 g/mol. The lowest BCUT2D eigenvalue weighted by Crippen LogP contribution is -2.27. The lowest BCUT2D eigenvalue weighted by Gasteiger charge is -2.12. The molecule has 16 heavy (non-hydrogen) atoms. The van der Waals surface area contributed by atoms with Crippen LogP contribution in [-0.2, 0) is 14.3 Å². The Balaban J connectivity index is 3.77. The molecule has 0 aliphatic heterocycles. The van der Waals surface area contributed by atoms with Crippen molar-refractivity contribution in [1.29, 1.82) is 0 Å². The topological polar surface area (TPSA) is 63.6 Å². The Labute approximate surface area is 101 Å². The Morgan fingerprint density at radius 2 is 2.00 bits per heavy atom. The molecule has 0 saturated heterocycles. The Morgan fingerprint density at radius 1 is 1.31 bits per heavy atom. The van der Waals surface area contributed by atoms with Crippen molar-refractivity contribution in [2.75, 3.05) is 11.5 Å². The van der Waals surface area contributed by atoms with E-state index in [1.165, 1.54) is 0 Å². The predicted octanol–water partition coefficient (Wildman–Crippen LogP) is 2.32. The first-order valence-electron chi connectivity index (χ1n) is 5.61. The van der Waals surface area contributed by atoms with Crippen molar-refractivity contribution in [2.24, 2.45) is 0 Å². The van der Waals surface area contributed by atoms with E-state index in [9.17, 15) is 9.59 Å². The SMILES string of the molecule is CCCCSCCC(OC(=O)CC)C(=O)O. The molecule has 0 aromatic heterocycles. The van der Waals surface area contributed by atoms with E-state index >= 15 is 0 Å². The quantitative estimate of drug-likeness (QED) is 0.501. The van der Waals surface area contributed by atoms with Gasteiger partial charge in [0.05, 0.1) is 0 Å². The van der Waals surface area contributed by atoms with E-state index in [-0.39, 0.29) is 6.42 Å². The summed E-state index contributed by atoms with van der Waals surface area (Å²) in [6.45, 7) is 3.76. The third kappa shape index (κ3) is 7.56. The van der Waals surface area contributed by atoms with Gasteiger partial charge in [-0.15, -0.1) is 0 Å². The van der Waals surface area contributed by atoms with Crippen LogP contribution in [0.25, 0.3) is 0 Å². The molecule has 0 aromatic rings. The van der Waals surface area contributed by atoms with Gasteiger partial charge < -0.3 is 9.84 Å². The second-order valence-electron chi connectivity index (χ2n) is 3.42. The molecule has 0 fully saturated rings. The molecule has 1 unspecified atom stereocenters. The number of ether oxygens (including phenoxy) is 1. The summed E-state index contributed by atoms with van der Waals surface area (Å²) in [5.41, 5.74) is 0. The largest absolute Gasteiger partial charge is 0.479 e. The number of hydrogen-bond donors (Lipinski definition) is 1. The molecule has 94 valence electrons. The fraction of sp³-hybridized carbons (Fsp3) is 0.818. The molecule has 0 amide bonds. The number of rotatable bonds is 9. The molecule has 4 nitrogen and oxygen atoms in total. The zero-order valence-electron chi connectivity index (χ0n) is 9.90. The normalized spacial score (nSPS) is 12.1. The fourth-order valence-corrected chi connectivity index (χ4v) is 2.09. The average Bonchev–Trinajstić information content (AvgIpc) is 2.26. The summed E-state index contributed by atoms with van der Waals surface area (Å²) in [6.07, 6.45) is 1.89. The van der Waals surface area contributed by atoms with Crippen molar-refractivity contribution in [3.8, 4) is 0 Å². The van der Waals surface area contributed by atoms with E-state index in [1.54, 1.807) is 18.7 Å². The number of unbranched alkanes of at least 4 members (excludes halogenated alkanes) is 1. The van der Waals surface area contributed by atoms with E-state index in [4.69, 9.17) is 9.84 Å². The first-order valence-corrected chi connectivity index (χ1v) is 6.77. The van der Waals surface area contributed by atoms with Crippen molar-refractivity contribution in [3.63, 3.8) is 0 Å². The lowest BCUT2D eigenvalue weighted by atomic mass is 10.3. The van der Waals surface area contributed by atoms with Gasteiger partial charge in [0.2, 0.25) is 0 Å². The van der Waals surface area contributed by atoms with Crippen LogP contribution in [-0.4, -0.2) is 34.7 Å². The molecule has 0 heterocycles. The molecule has 0 aliphatic rings. The fourth-order valence-electron chi connectivity index (χ4n) is 1.01. The Kier molecular flexibility index (Phi) is 9.09. The highest BCUT2D eigenvalue weighted by atomic mass is 32.2. The summed E-state index contributed by atoms with van der Waals surface area (Å²) in [6, 6.07) is 0. The summed E-state index contributed by atoms with van der Waals surface area (Å²) in [5, 5.41) is 8.83. The van der Waals surface area contributed by atoms with E-state index in [1.807, 2.05) is 0 Å². The maximum Gasteiger partial charge on any atom is 0.345 e. The molecule has 5 heteroatoms. The van der Waals surface area contributed by atoms with Crippen molar-refractivity contribution >= 4 is 23.7 Å². The van der Waals surface area contributed by atoms with E-state index in [0.29, 0.717) is 12.2 Å². The van der Waals surface area contributed by atoms with Crippen LogP contribution in [0.3, 0.4) is 0 Å². The molecular weight excluding hydrogens is 228 g/mol. The standard InChI is InChI=1S/C11H20O4S/c1-3-5-7-16-8-6-9(11(13)14)15-10(12)4-2/h9H,3-8H2,1-2H3,(H,13,14). The number of carboxylic acids is 1. The Hall–Kier alpha value is -0.710. The molecule has 0 spiro atoms. The molecule has 0 bridgehead atoms. The number of carbonyl (C=O) groups is 2. The van der Waals surface area contributed by atoms with Gasteiger partial charge >= 0.3 is 11.9 Å². The van der Waals surface area contributed by atoms with Gasteiger partial charge in [0.25, 0.3) is 0 Å². The Morgan fingerprint density at radius 3 is 2.50 bits per heavy atom. The summed E-state index contributed by atoms with van der Waals surface area (Å²) in [4.78, 5) is 21.8. The van der Waals surface area contributed by atoms with Crippen LogP contribution in [0.15, 0.2) is 0 Å². The second-order valence-corrected chi connectivity index (χ2v) is 4.65. The van der Waals surface area contributed by atoms with Gasteiger partial charge in [0.15, 0.2) is 6.10 Å². The minimum absolute atomic E-state index is 0.215. The van der Waals surface area contributed by atoms with Gasteiger partial charge in [0.1, 0.15) is 0 Å². The summed E-state index contributed by atoms with van der Waals surface area (Å²) in [7, 11) is 0. The maximum atomic E-state index is 11.0. The summed E-state index contributed by atoms with van der Waals surface area (Å²) < 4.78 is 4.82. The van der Waals surface area contributed by atoms with Gasteiger partial charge in [0, 0.05) is 12.8 Å². The van der Waals surface area contributed by atoms with Crippen molar-refractivity contribution in [2.45, 2.75) is 45.6 Å². The zero-order valence-corrected chi connectivity index (χ0v) is 10.7. The number of aliphatic carboxylic acids is 1. The van der Waals surface area contributed by atoms with Crippen LogP contribution in [0, 0.1) is 0 Å². The summed E-state index contributed by atoms with van der Waals surface area (Å²) >= 11 is 1.70. The first-order chi connectivity index (χ1) is 7.61. The maximum absolute atomic E-state index is 11.0. The molecule has 0 rings (SSSR count). The molecule has 1 N–H and O–H groups in total. The third-order valence-corrected chi connectivity index (χ3v) is 3.11. The number of esters is 1. The highest BCUT2D eigenvalue weighted by Crippen LogP contribution is 2.10. The highest BCUT2D eigenvalue weighted by Gasteiger charge is 2.20. The molecule has 0 saturated carbocycles. The first kappa shape index (κ1) is 15.3. The second kappa shape index (κ2) is 9.51. The Bertz CT molecular complexity index is 218. The van der Waals surface area contributed by atoms with Gasteiger partial charge in [-0.3, -0.25) is 4.79 Å². The van der Waals surface area contributed by atoms with Crippen LogP contribution < -0.4 is 0 Å². The van der Waals surface area contributed by atoms with Crippen molar-refractivity contribution in [1.82, 2.24) is 0 Å². The van der Waals surface area contributed by atoms with Crippen molar-refractivity contribution < 1.29 is 19.4 Å². The number of carboxylic acid groups (broad SMARTS) is 1. The minimum Gasteiger partial charge on any atom is -0.479 e. The highest BCUT2D eigenvalue weighted by molar-refractivity contribution is 7.99. The van der Waals surface area contributed by atoms with E-state index in [2.05, 4.69) is 6.92 Å². The monoisotopic (exact) mass is 248 g/mol. The van der Waals surface area contributed by atoms with Gasteiger partial charge in [-0.1, -0.05) is 20.3 Å². The minimum atomic E-state index is -1.06. The number of thioether (sulfide) groups is 1. The van der Waals surface area contributed by atoms with Crippen molar-refractivity contribution in [3.05, 3.63) is 0 Å². The zero-order chi connectivity index (χ0) is 12.4. The third-order valence-electron chi connectivity index (χ3n) is 2.00. The van der Waals surface area contributed by atoms with Gasteiger partial charge in [-0.2, -0.15) is 11.8 Å². The number of carbonyl (C=O) groups excluding carboxylic acids is 1. The lowest BCUT2D eigenvalue weighted by molar-refractivity contribution is -0.163. The number of hydrogen-bond acceptors (Lipinski definition) is 4. The van der Waals surface area contributed by atoms with E-state index in [0.717, 1.165) is 18.6 Å². The molecule has 0 aromatic carbocycles. The molecule has 0 aliphatic carbocycles. The van der Waals surface area contributed by atoms with Gasteiger partial charge in [-0.25, -0.2) is 4.79 Å². The van der Waals surface area contributed by atoms with Crippen LogP contribution in [0.1, 0.15) is 39.5 Å². The molecule has 1 atom stereocenters.